The Hall–Kier alpha value is -3.28. The van der Waals surface area contributed by atoms with Gasteiger partial charge in [-0.25, -0.2) is 0 Å². The van der Waals surface area contributed by atoms with Gasteiger partial charge in [0.05, 0.1) is 18.7 Å². The molecule has 0 saturated heterocycles. The highest BCUT2D eigenvalue weighted by molar-refractivity contribution is 6.16. The fourth-order valence-electron chi connectivity index (χ4n) is 3.12. The van der Waals surface area contributed by atoms with Gasteiger partial charge in [0.2, 0.25) is 0 Å². The number of phenolic OH excluding ortho intramolecular Hbond substituents is 1. The summed E-state index contributed by atoms with van der Waals surface area (Å²) < 4.78 is 5.21. The minimum Gasteiger partial charge on any atom is -0.508 e. The van der Waals surface area contributed by atoms with Crippen molar-refractivity contribution in [2.45, 2.75) is 19.4 Å². The van der Waals surface area contributed by atoms with E-state index in [4.69, 9.17) is 4.74 Å². The number of anilines is 1. The van der Waals surface area contributed by atoms with Crippen molar-refractivity contribution in [1.82, 2.24) is 0 Å². The minimum absolute atomic E-state index is 0.00947. The maximum Gasteiger partial charge on any atom is 0.294 e. The van der Waals surface area contributed by atoms with Crippen LogP contribution in [0.2, 0.25) is 0 Å². The van der Waals surface area contributed by atoms with E-state index in [1.807, 2.05) is 0 Å². The number of nitrogens with zero attached hydrogens (tertiary/aromatic N) is 1. The SMILES string of the molecule is CCC(=O)C1=C(O)C(=O)N(c2cccc(OC)c2)C1c1cccc(O)c1. The molecule has 1 aliphatic heterocycles. The number of aliphatic hydroxyl groups is 1. The highest BCUT2D eigenvalue weighted by Crippen LogP contribution is 2.42. The van der Waals surface area contributed by atoms with Gasteiger partial charge < -0.3 is 14.9 Å². The van der Waals surface area contributed by atoms with Crippen LogP contribution < -0.4 is 9.64 Å². The lowest BCUT2D eigenvalue weighted by Gasteiger charge is -2.27. The average molecular weight is 353 g/mol. The van der Waals surface area contributed by atoms with Crippen LogP contribution >= 0.6 is 0 Å². The first-order chi connectivity index (χ1) is 12.5. The van der Waals surface area contributed by atoms with Crippen molar-refractivity contribution in [2.24, 2.45) is 0 Å². The fourth-order valence-corrected chi connectivity index (χ4v) is 3.12. The summed E-state index contributed by atoms with van der Waals surface area (Å²) in [6, 6.07) is 12.3. The van der Waals surface area contributed by atoms with Crippen LogP contribution in [-0.4, -0.2) is 29.0 Å². The van der Waals surface area contributed by atoms with Gasteiger partial charge in [0.25, 0.3) is 5.91 Å². The zero-order valence-corrected chi connectivity index (χ0v) is 14.5. The highest BCUT2D eigenvalue weighted by Gasteiger charge is 2.44. The Morgan fingerprint density at radius 1 is 1.15 bits per heavy atom. The predicted molar refractivity (Wildman–Crippen MR) is 96.3 cm³/mol. The minimum atomic E-state index is -0.825. The number of ketones is 1. The molecule has 6 nitrogen and oxygen atoms in total. The van der Waals surface area contributed by atoms with E-state index in [2.05, 4.69) is 0 Å². The maximum atomic E-state index is 12.8. The summed E-state index contributed by atoms with van der Waals surface area (Å²) in [5, 5.41) is 20.2. The molecule has 0 saturated carbocycles. The van der Waals surface area contributed by atoms with Gasteiger partial charge in [-0.15, -0.1) is 0 Å². The average Bonchev–Trinajstić information content (AvgIpc) is 2.92. The molecule has 1 amide bonds. The summed E-state index contributed by atoms with van der Waals surface area (Å²) in [4.78, 5) is 26.6. The van der Waals surface area contributed by atoms with Gasteiger partial charge in [-0.3, -0.25) is 14.5 Å². The van der Waals surface area contributed by atoms with Crippen LogP contribution in [0.1, 0.15) is 24.9 Å². The molecule has 1 unspecified atom stereocenters. The van der Waals surface area contributed by atoms with Crippen molar-refractivity contribution in [3.8, 4) is 11.5 Å². The number of carbonyl (C=O) groups is 2. The molecule has 0 fully saturated rings. The van der Waals surface area contributed by atoms with Crippen LogP contribution in [0.25, 0.3) is 0 Å². The summed E-state index contributed by atoms with van der Waals surface area (Å²) in [5.41, 5.74) is 1.04. The number of hydrogen-bond acceptors (Lipinski definition) is 5. The summed E-state index contributed by atoms with van der Waals surface area (Å²) >= 11 is 0. The van der Waals surface area contributed by atoms with Gasteiger partial charge in [0.15, 0.2) is 11.5 Å². The molecule has 6 heteroatoms. The molecule has 0 aliphatic carbocycles. The number of methoxy groups -OCH3 is 1. The van der Waals surface area contributed by atoms with Crippen molar-refractivity contribution in [2.75, 3.05) is 12.0 Å². The molecule has 0 bridgehead atoms. The van der Waals surface area contributed by atoms with Crippen LogP contribution in [-0.2, 0) is 9.59 Å². The number of ether oxygens (including phenoxy) is 1. The first-order valence-electron chi connectivity index (χ1n) is 8.20. The van der Waals surface area contributed by atoms with Crippen LogP contribution in [0.15, 0.2) is 59.9 Å². The van der Waals surface area contributed by atoms with Gasteiger partial charge in [0.1, 0.15) is 11.5 Å². The zero-order chi connectivity index (χ0) is 18.8. The molecule has 26 heavy (non-hydrogen) atoms. The zero-order valence-electron chi connectivity index (χ0n) is 14.5. The summed E-state index contributed by atoms with van der Waals surface area (Å²) in [6.45, 7) is 1.67. The van der Waals surface area contributed by atoms with Crippen molar-refractivity contribution >= 4 is 17.4 Å². The van der Waals surface area contributed by atoms with E-state index < -0.39 is 17.7 Å². The molecule has 0 spiro atoms. The van der Waals surface area contributed by atoms with E-state index >= 15 is 0 Å². The van der Waals surface area contributed by atoms with E-state index in [1.165, 1.54) is 24.1 Å². The van der Waals surface area contributed by atoms with E-state index in [0.29, 0.717) is 17.0 Å². The normalized spacial score (nSPS) is 16.9. The largest absolute Gasteiger partial charge is 0.508 e. The molecular weight excluding hydrogens is 334 g/mol. The van der Waals surface area contributed by atoms with E-state index in [-0.39, 0.29) is 23.5 Å². The third-order valence-electron chi connectivity index (χ3n) is 4.35. The Bertz CT molecular complexity index is 903. The van der Waals surface area contributed by atoms with E-state index in [9.17, 15) is 19.8 Å². The van der Waals surface area contributed by atoms with Gasteiger partial charge in [-0.1, -0.05) is 25.1 Å². The topological polar surface area (TPSA) is 87.1 Å². The van der Waals surface area contributed by atoms with Crippen LogP contribution in [0, 0.1) is 0 Å². The number of benzene rings is 2. The summed E-state index contributed by atoms with van der Waals surface area (Å²) in [6.07, 6.45) is 0.147. The number of hydrogen-bond donors (Lipinski definition) is 2. The highest BCUT2D eigenvalue weighted by atomic mass is 16.5. The fraction of sp³-hybridized carbons (Fsp3) is 0.200. The third-order valence-corrected chi connectivity index (χ3v) is 4.35. The Kier molecular flexibility index (Phi) is 4.67. The molecule has 1 aliphatic rings. The number of aromatic hydroxyl groups is 1. The first-order valence-corrected chi connectivity index (χ1v) is 8.20. The second kappa shape index (κ2) is 6.92. The molecule has 2 aromatic carbocycles. The standard InChI is InChI=1S/C20H19NO5/c1-3-16(23)17-18(12-6-4-8-14(22)10-12)21(20(25)19(17)24)13-7-5-9-15(11-13)26-2/h4-11,18,22,24H,3H2,1-2H3. The quantitative estimate of drug-likeness (QED) is 0.861. The van der Waals surface area contributed by atoms with E-state index in [1.54, 1.807) is 43.3 Å². The molecule has 0 radical (unpaired) electrons. The molecule has 2 aromatic rings. The lowest BCUT2D eigenvalue weighted by molar-refractivity contribution is -0.118. The predicted octanol–water partition coefficient (Wildman–Crippen LogP) is 3.28. The third kappa shape index (κ3) is 2.90. The van der Waals surface area contributed by atoms with Gasteiger partial charge in [-0.2, -0.15) is 0 Å². The monoisotopic (exact) mass is 353 g/mol. The van der Waals surface area contributed by atoms with E-state index in [0.717, 1.165) is 0 Å². The smallest absolute Gasteiger partial charge is 0.294 e. The second-order valence-electron chi connectivity index (χ2n) is 5.91. The first kappa shape index (κ1) is 17.5. The molecule has 0 aromatic heterocycles. The summed E-state index contributed by atoms with van der Waals surface area (Å²) in [7, 11) is 1.51. The molecule has 134 valence electrons. The second-order valence-corrected chi connectivity index (χ2v) is 5.91. The Balaban J connectivity index is 2.19. The Labute approximate surface area is 150 Å². The summed E-state index contributed by atoms with van der Waals surface area (Å²) in [5.74, 6) is -0.999. The molecular formula is C20H19NO5. The van der Waals surface area contributed by atoms with Gasteiger partial charge in [-0.05, 0) is 29.8 Å². The number of aliphatic hydroxyl groups excluding tert-OH is 1. The van der Waals surface area contributed by atoms with Crippen molar-refractivity contribution in [1.29, 1.82) is 0 Å². The van der Waals surface area contributed by atoms with Gasteiger partial charge in [0, 0.05) is 18.2 Å². The lowest BCUT2D eigenvalue weighted by Crippen LogP contribution is -2.31. The molecule has 2 N–H and O–H groups in total. The Morgan fingerprint density at radius 3 is 2.54 bits per heavy atom. The number of rotatable bonds is 5. The number of Topliss-reactive ketones (excluding diaryl/α,β-unsaturated/α-hetero) is 1. The molecule has 1 heterocycles. The van der Waals surface area contributed by atoms with Gasteiger partial charge >= 0.3 is 0 Å². The molecule has 3 rings (SSSR count). The van der Waals surface area contributed by atoms with Crippen molar-refractivity contribution in [3.63, 3.8) is 0 Å². The van der Waals surface area contributed by atoms with Crippen LogP contribution in [0.4, 0.5) is 5.69 Å². The number of amides is 1. The molecule has 1 atom stereocenters. The number of carbonyl (C=O) groups excluding carboxylic acids is 2. The van der Waals surface area contributed by atoms with Crippen molar-refractivity contribution < 1.29 is 24.5 Å². The lowest BCUT2D eigenvalue weighted by atomic mass is 9.94. The number of phenols is 1. The Morgan fingerprint density at radius 2 is 1.88 bits per heavy atom. The van der Waals surface area contributed by atoms with Crippen LogP contribution in [0.5, 0.6) is 11.5 Å². The van der Waals surface area contributed by atoms with Crippen LogP contribution in [0.3, 0.4) is 0 Å². The maximum absolute atomic E-state index is 12.8. The van der Waals surface area contributed by atoms with Crippen molar-refractivity contribution in [3.05, 3.63) is 65.4 Å².